The molecule has 1 saturated heterocycles. The first kappa shape index (κ1) is 17.7. The highest BCUT2D eigenvalue weighted by atomic mass is 16.2. The Kier molecular flexibility index (Phi) is 4.49. The molecule has 1 atom stereocenters. The van der Waals surface area contributed by atoms with Crippen molar-refractivity contribution in [2.45, 2.75) is 51.6 Å². The molecule has 6 heteroatoms. The number of likely N-dealkylation sites (tertiary alicyclic amines) is 1. The van der Waals surface area contributed by atoms with Crippen LogP contribution in [0.3, 0.4) is 0 Å². The quantitative estimate of drug-likeness (QED) is 0.911. The van der Waals surface area contributed by atoms with Crippen molar-refractivity contribution < 1.29 is 4.79 Å². The van der Waals surface area contributed by atoms with Crippen molar-refractivity contribution >= 4 is 5.91 Å². The molecule has 0 aliphatic carbocycles. The fourth-order valence-corrected chi connectivity index (χ4v) is 3.88. The minimum Gasteiger partial charge on any atom is -0.289 e. The summed E-state index contributed by atoms with van der Waals surface area (Å²) in [6.07, 6.45) is 12.3. The summed E-state index contributed by atoms with van der Waals surface area (Å²) in [7, 11) is 1.92. The van der Waals surface area contributed by atoms with Gasteiger partial charge in [0.25, 0.3) is 5.91 Å². The number of hydrogen-bond donors (Lipinski definition) is 1. The van der Waals surface area contributed by atoms with Gasteiger partial charge in [0, 0.05) is 30.5 Å². The molecule has 0 spiro atoms. The number of aryl methyl sites for hydroxylation is 2. The summed E-state index contributed by atoms with van der Waals surface area (Å²) < 4.78 is 1.81. The molecule has 1 N–H and O–H groups in total. The largest absolute Gasteiger partial charge is 0.289 e. The van der Waals surface area contributed by atoms with Gasteiger partial charge in [-0.3, -0.25) is 24.8 Å². The van der Waals surface area contributed by atoms with Gasteiger partial charge in [-0.1, -0.05) is 12.2 Å². The van der Waals surface area contributed by atoms with Crippen molar-refractivity contribution in [1.29, 1.82) is 0 Å². The van der Waals surface area contributed by atoms with Crippen LogP contribution < -0.4 is 5.43 Å². The van der Waals surface area contributed by atoms with E-state index in [1.807, 2.05) is 48.2 Å². The van der Waals surface area contributed by atoms with Gasteiger partial charge in [-0.2, -0.15) is 5.10 Å². The number of aromatic nitrogens is 2. The van der Waals surface area contributed by atoms with Crippen LogP contribution in [0.4, 0.5) is 0 Å². The van der Waals surface area contributed by atoms with Crippen LogP contribution >= 0.6 is 0 Å². The summed E-state index contributed by atoms with van der Waals surface area (Å²) in [6, 6.07) is 0. The second kappa shape index (κ2) is 6.33. The maximum absolute atomic E-state index is 12.7. The summed E-state index contributed by atoms with van der Waals surface area (Å²) in [5.74, 6) is 0.0164. The Hall–Kier alpha value is -2.08. The van der Waals surface area contributed by atoms with Gasteiger partial charge < -0.3 is 0 Å². The van der Waals surface area contributed by atoms with Gasteiger partial charge in [-0.15, -0.1) is 0 Å². The van der Waals surface area contributed by atoms with Crippen LogP contribution in [0.5, 0.6) is 0 Å². The molecule has 1 fully saturated rings. The van der Waals surface area contributed by atoms with E-state index in [2.05, 4.69) is 42.3 Å². The number of amides is 1. The first-order valence-corrected chi connectivity index (χ1v) is 8.93. The highest BCUT2D eigenvalue weighted by Crippen LogP contribution is 2.33. The van der Waals surface area contributed by atoms with Crippen LogP contribution in [0.2, 0.25) is 0 Å². The molecule has 1 aromatic heterocycles. The van der Waals surface area contributed by atoms with Crippen molar-refractivity contribution in [2.24, 2.45) is 7.05 Å². The molecule has 3 rings (SSSR count). The third-order valence-electron chi connectivity index (χ3n) is 5.48. The lowest BCUT2D eigenvalue weighted by Gasteiger charge is -2.40. The second-order valence-electron chi connectivity index (χ2n) is 7.89. The Morgan fingerprint density at radius 1 is 1.32 bits per heavy atom. The highest BCUT2D eigenvalue weighted by Gasteiger charge is 2.37. The number of nitrogens with zero attached hydrogens (tertiary/aromatic N) is 4. The van der Waals surface area contributed by atoms with Crippen LogP contribution in [-0.2, 0) is 17.4 Å². The Morgan fingerprint density at radius 3 is 2.68 bits per heavy atom. The number of carbonyl (C=O) groups is 1. The zero-order valence-corrected chi connectivity index (χ0v) is 15.9. The first-order valence-electron chi connectivity index (χ1n) is 8.93. The first-order chi connectivity index (χ1) is 11.7. The fourth-order valence-electron chi connectivity index (χ4n) is 3.88. The number of nitrogens with one attached hydrogen (secondary N) is 1. The molecular weight excluding hydrogens is 314 g/mol. The molecule has 1 unspecified atom stereocenters. The van der Waals surface area contributed by atoms with Gasteiger partial charge in [0.15, 0.2) is 0 Å². The van der Waals surface area contributed by atoms with Crippen LogP contribution in [0.25, 0.3) is 0 Å². The zero-order valence-electron chi connectivity index (χ0n) is 15.9. The summed E-state index contributed by atoms with van der Waals surface area (Å²) in [6.45, 7) is 9.91. The predicted octanol–water partition coefficient (Wildman–Crippen LogP) is 2.23. The molecule has 0 radical (unpaired) electrons. The lowest BCUT2D eigenvalue weighted by atomic mass is 9.90. The average Bonchev–Trinajstić information content (AvgIpc) is 3.03. The van der Waals surface area contributed by atoms with E-state index in [1.165, 1.54) is 0 Å². The van der Waals surface area contributed by atoms with Gasteiger partial charge in [0.2, 0.25) is 0 Å². The lowest BCUT2D eigenvalue weighted by Crippen LogP contribution is -2.54. The van der Waals surface area contributed by atoms with Crippen molar-refractivity contribution in [3.63, 3.8) is 0 Å². The molecule has 0 aromatic carbocycles. The molecule has 6 nitrogen and oxygen atoms in total. The molecule has 3 heterocycles. The minimum atomic E-state index is -0.455. The molecule has 1 aromatic rings. The van der Waals surface area contributed by atoms with E-state index in [1.54, 1.807) is 0 Å². The van der Waals surface area contributed by atoms with E-state index in [0.717, 1.165) is 30.6 Å². The minimum absolute atomic E-state index is 0.0164. The monoisotopic (exact) mass is 343 g/mol. The molecule has 0 saturated carbocycles. The third kappa shape index (κ3) is 3.35. The van der Waals surface area contributed by atoms with Crippen LogP contribution in [-0.4, -0.2) is 44.2 Å². The number of allylic oxidation sites excluding steroid dienone is 2. The van der Waals surface area contributed by atoms with Crippen LogP contribution in [0, 0.1) is 6.92 Å². The number of rotatable bonds is 4. The number of carbonyl (C=O) groups excluding carboxylic acids is 1. The Bertz CT molecular complexity index is 717. The maximum Gasteiger partial charge on any atom is 0.252 e. The molecule has 136 valence electrons. The summed E-state index contributed by atoms with van der Waals surface area (Å²) >= 11 is 0. The molecule has 25 heavy (non-hydrogen) atoms. The van der Waals surface area contributed by atoms with Gasteiger partial charge in [0.1, 0.15) is 5.54 Å². The standard InChI is InChI=1S/C19H29N5O/c1-15-16(13-22(5)20-15)19(4)10-6-7-12-24(19)21-17(25)14-23-11-8-9-18(23,2)3/h6-7,10,12-13H,8-9,11,14H2,1-5H3,(H,21,25). The Morgan fingerprint density at radius 2 is 2.08 bits per heavy atom. The van der Waals surface area contributed by atoms with E-state index in [0.29, 0.717) is 6.54 Å². The van der Waals surface area contributed by atoms with E-state index in [9.17, 15) is 4.79 Å². The highest BCUT2D eigenvalue weighted by molar-refractivity contribution is 5.78. The fraction of sp³-hybridized carbons (Fsp3) is 0.579. The summed E-state index contributed by atoms with van der Waals surface area (Å²) in [5.41, 5.74) is 4.77. The second-order valence-corrected chi connectivity index (χ2v) is 7.89. The Labute approximate surface area is 150 Å². The van der Waals surface area contributed by atoms with Gasteiger partial charge >= 0.3 is 0 Å². The van der Waals surface area contributed by atoms with Gasteiger partial charge in [-0.05, 0) is 53.2 Å². The van der Waals surface area contributed by atoms with Crippen molar-refractivity contribution in [2.75, 3.05) is 13.1 Å². The molecule has 2 aliphatic heterocycles. The molecule has 1 amide bonds. The van der Waals surface area contributed by atoms with Crippen LogP contribution in [0.1, 0.15) is 44.9 Å². The average molecular weight is 343 g/mol. The topological polar surface area (TPSA) is 53.4 Å². The van der Waals surface area contributed by atoms with Crippen molar-refractivity contribution in [1.82, 2.24) is 25.1 Å². The third-order valence-corrected chi connectivity index (χ3v) is 5.48. The zero-order chi connectivity index (χ0) is 18.2. The molecule has 0 bridgehead atoms. The Balaban J connectivity index is 1.76. The van der Waals surface area contributed by atoms with E-state index in [-0.39, 0.29) is 11.4 Å². The van der Waals surface area contributed by atoms with Gasteiger partial charge in [0.05, 0.1) is 12.2 Å². The van der Waals surface area contributed by atoms with E-state index in [4.69, 9.17) is 0 Å². The number of hydrazine groups is 1. The summed E-state index contributed by atoms with van der Waals surface area (Å²) in [5, 5.41) is 6.35. The predicted molar refractivity (Wildman–Crippen MR) is 98.4 cm³/mol. The maximum atomic E-state index is 12.7. The lowest BCUT2D eigenvalue weighted by molar-refractivity contribution is -0.128. The van der Waals surface area contributed by atoms with Crippen molar-refractivity contribution in [3.8, 4) is 0 Å². The van der Waals surface area contributed by atoms with Crippen LogP contribution in [0.15, 0.2) is 30.6 Å². The molecule has 2 aliphatic rings. The summed E-state index contributed by atoms with van der Waals surface area (Å²) in [4.78, 5) is 15.0. The van der Waals surface area contributed by atoms with E-state index >= 15 is 0 Å². The number of hydrogen-bond acceptors (Lipinski definition) is 4. The SMILES string of the molecule is Cc1nn(C)cc1C1(C)C=CC=CN1NC(=O)CN1CCCC1(C)C. The van der Waals surface area contributed by atoms with Gasteiger partial charge in [-0.25, -0.2) is 0 Å². The van der Waals surface area contributed by atoms with Crippen molar-refractivity contribution in [3.05, 3.63) is 41.9 Å². The smallest absolute Gasteiger partial charge is 0.252 e. The molecular formula is C19H29N5O. The van der Waals surface area contributed by atoms with E-state index < -0.39 is 5.54 Å². The normalized spacial score (nSPS) is 25.6.